The summed E-state index contributed by atoms with van der Waals surface area (Å²) in [6.45, 7) is 4.87. The largest absolute Gasteiger partial charge is 0.379 e. The Hall–Kier alpha value is -0.690. The number of ether oxygens (including phenoxy) is 1. The minimum atomic E-state index is 0.0436. The highest BCUT2D eigenvalue weighted by Gasteiger charge is 2.45. The molecule has 2 atom stereocenters. The topological polar surface area (TPSA) is 54.6 Å². The Bertz CT molecular complexity index is 433. The molecule has 1 aromatic rings. The lowest BCUT2D eigenvalue weighted by Crippen LogP contribution is -2.66. The molecular formula is C15H26N4OS. The third kappa shape index (κ3) is 2.82. The smallest absolute Gasteiger partial charge is 0.185 e. The van der Waals surface area contributed by atoms with Gasteiger partial charge in [0, 0.05) is 51.4 Å². The van der Waals surface area contributed by atoms with Crippen molar-refractivity contribution in [3.05, 3.63) is 11.6 Å². The van der Waals surface area contributed by atoms with E-state index in [1.165, 1.54) is 19.3 Å². The molecule has 1 saturated heterocycles. The molecule has 6 heteroatoms. The molecule has 3 rings (SSSR count). The molecule has 0 bridgehead atoms. The van der Waals surface area contributed by atoms with E-state index in [0.29, 0.717) is 6.54 Å². The SMILES string of the molecule is COC1CCCCC1(CN)N1CCN(c2nccs2)CC1. The Labute approximate surface area is 131 Å². The van der Waals surface area contributed by atoms with E-state index in [1.54, 1.807) is 11.3 Å². The number of hydrogen-bond acceptors (Lipinski definition) is 6. The normalized spacial score (nSPS) is 31.5. The van der Waals surface area contributed by atoms with Crippen LogP contribution in [0.1, 0.15) is 25.7 Å². The van der Waals surface area contributed by atoms with Gasteiger partial charge in [-0.1, -0.05) is 12.8 Å². The first-order valence-electron chi connectivity index (χ1n) is 7.92. The second-order valence-electron chi connectivity index (χ2n) is 6.07. The summed E-state index contributed by atoms with van der Waals surface area (Å²) >= 11 is 1.72. The first kappa shape index (κ1) is 15.2. The van der Waals surface area contributed by atoms with Crippen molar-refractivity contribution in [3.63, 3.8) is 0 Å². The van der Waals surface area contributed by atoms with E-state index in [2.05, 4.69) is 14.8 Å². The Morgan fingerprint density at radius 3 is 2.81 bits per heavy atom. The molecule has 1 saturated carbocycles. The predicted octanol–water partition coefficient (Wildman–Crippen LogP) is 1.55. The van der Waals surface area contributed by atoms with Gasteiger partial charge >= 0.3 is 0 Å². The summed E-state index contributed by atoms with van der Waals surface area (Å²) in [5, 5.41) is 3.19. The average Bonchev–Trinajstić information content (AvgIpc) is 3.09. The summed E-state index contributed by atoms with van der Waals surface area (Å²) in [7, 11) is 1.84. The fraction of sp³-hybridized carbons (Fsp3) is 0.800. The molecule has 1 aliphatic heterocycles. The Morgan fingerprint density at radius 1 is 1.38 bits per heavy atom. The fourth-order valence-corrected chi connectivity index (χ4v) is 4.66. The van der Waals surface area contributed by atoms with Gasteiger partial charge in [0.1, 0.15) is 0 Å². The van der Waals surface area contributed by atoms with E-state index in [4.69, 9.17) is 10.5 Å². The monoisotopic (exact) mass is 310 g/mol. The van der Waals surface area contributed by atoms with Crippen LogP contribution in [-0.2, 0) is 4.74 Å². The minimum Gasteiger partial charge on any atom is -0.379 e. The third-order valence-electron chi connectivity index (χ3n) is 5.16. The summed E-state index contributed by atoms with van der Waals surface area (Å²) in [5.41, 5.74) is 6.26. The van der Waals surface area contributed by atoms with Crippen molar-refractivity contribution in [2.24, 2.45) is 5.73 Å². The number of piperazine rings is 1. The maximum Gasteiger partial charge on any atom is 0.185 e. The number of anilines is 1. The van der Waals surface area contributed by atoms with E-state index in [-0.39, 0.29) is 11.6 Å². The molecule has 0 spiro atoms. The molecule has 0 amide bonds. The lowest BCUT2D eigenvalue weighted by atomic mass is 9.77. The van der Waals surface area contributed by atoms with Crippen LogP contribution in [0.3, 0.4) is 0 Å². The fourth-order valence-electron chi connectivity index (χ4n) is 3.97. The van der Waals surface area contributed by atoms with Gasteiger partial charge in [-0.2, -0.15) is 0 Å². The van der Waals surface area contributed by atoms with Crippen molar-refractivity contribution in [2.75, 3.05) is 44.7 Å². The molecule has 2 fully saturated rings. The molecular weight excluding hydrogens is 284 g/mol. The molecule has 21 heavy (non-hydrogen) atoms. The average molecular weight is 310 g/mol. The van der Waals surface area contributed by atoms with Crippen LogP contribution >= 0.6 is 11.3 Å². The lowest BCUT2D eigenvalue weighted by Gasteiger charge is -2.52. The molecule has 0 radical (unpaired) electrons. The number of thiazole rings is 1. The van der Waals surface area contributed by atoms with Crippen LogP contribution < -0.4 is 10.6 Å². The number of nitrogens with two attached hydrogens (primary N) is 1. The molecule has 2 aliphatic rings. The van der Waals surface area contributed by atoms with Gasteiger partial charge in [-0.05, 0) is 12.8 Å². The van der Waals surface area contributed by atoms with Gasteiger partial charge in [0.25, 0.3) is 0 Å². The predicted molar refractivity (Wildman–Crippen MR) is 87.0 cm³/mol. The van der Waals surface area contributed by atoms with E-state index >= 15 is 0 Å². The van der Waals surface area contributed by atoms with E-state index < -0.39 is 0 Å². The van der Waals surface area contributed by atoms with E-state index in [0.717, 1.165) is 37.7 Å². The maximum absolute atomic E-state index is 6.22. The van der Waals surface area contributed by atoms with Crippen molar-refractivity contribution >= 4 is 16.5 Å². The lowest BCUT2D eigenvalue weighted by molar-refractivity contribution is -0.0770. The van der Waals surface area contributed by atoms with Crippen LogP contribution in [0.2, 0.25) is 0 Å². The second-order valence-corrected chi connectivity index (χ2v) is 6.94. The van der Waals surface area contributed by atoms with Gasteiger partial charge in [-0.25, -0.2) is 4.98 Å². The number of methoxy groups -OCH3 is 1. The van der Waals surface area contributed by atoms with Crippen LogP contribution in [0.25, 0.3) is 0 Å². The Kier molecular flexibility index (Phi) is 4.78. The summed E-state index contributed by atoms with van der Waals surface area (Å²) in [4.78, 5) is 9.40. The summed E-state index contributed by atoms with van der Waals surface area (Å²) in [6.07, 6.45) is 7.00. The van der Waals surface area contributed by atoms with Crippen molar-refractivity contribution in [3.8, 4) is 0 Å². The Morgan fingerprint density at radius 2 is 2.19 bits per heavy atom. The number of rotatable bonds is 4. The maximum atomic E-state index is 6.22. The van der Waals surface area contributed by atoms with Crippen LogP contribution in [0.15, 0.2) is 11.6 Å². The molecule has 5 nitrogen and oxygen atoms in total. The Balaban J connectivity index is 1.69. The highest BCUT2D eigenvalue weighted by Crippen LogP contribution is 2.36. The van der Waals surface area contributed by atoms with Gasteiger partial charge in [0.2, 0.25) is 0 Å². The molecule has 2 heterocycles. The number of aromatic nitrogens is 1. The summed E-state index contributed by atoms with van der Waals surface area (Å²) < 4.78 is 5.80. The van der Waals surface area contributed by atoms with Gasteiger partial charge in [0.05, 0.1) is 11.6 Å². The summed E-state index contributed by atoms with van der Waals surface area (Å²) in [6, 6.07) is 0. The molecule has 118 valence electrons. The highest BCUT2D eigenvalue weighted by atomic mass is 32.1. The number of hydrogen-bond donors (Lipinski definition) is 1. The zero-order valence-corrected chi connectivity index (χ0v) is 13.6. The van der Waals surface area contributed by atoms with E-state index in [1.807, 2.05) is 18.7 Å². The van der Waals surface area contributed by atoms with Crippen LogP contribution in [0.5, 0.6) is 0 Å². The quantitative estimate of drug-likeness (QED) is 0.914. The van der Waals surface area contributed by atoms with Crippen molar-refractivity contribution in [1.29, 1.82) is 0 Å². The first-order chi connectivity index (χ1) is 10.3. The molecule has 1 aromatic heterocycles. The van der Waals surface area contributed by atoms with Gasteiger partial charge < -0.3 is 15.4 Å². The zero-order chi connectivity index (χ0) is 14.7. The van der Waals surface area contributed by atoms with Crippen molar-refractivity contribution in [2.45, 2.75) is 37.3 Å². The van der Waals surface area contributed by atoms with Crippen molar-refractivity contribution < 1.29 is 4.74 Å². The minimum absolute atomic E-state index is 0.0436. The molecule has 2 N–H and O–H groups in total. The second kappa shape index (κ2) is 6.60. The van der Waals surface area contributed by atoms with Gasteiger partial charge in [-0.3, -0.25) is 4.90 Å². The number of nitrogens with zero attached hydrogens (tertiary/aromatic N) is 3. The van der Waals surface area contributed by atoms with Crippen LogP contribution in [0, 0.1) is 0 Å². The molecule has 1 aliphatic carbocycles. The van der Waals surface area contributed by atoms with Crippen LogP contribution in [-0.4, -0.2) is 61.4 Å². The summed E-state index contributed by atoms with van der Waals surface area (Å²) in [5.74, 6) is 0. The molecule has 2 unspecified atom stereocenters. The highest BCUT2D eigenvalue weighted by molar-refractivity contribution is 7.13. The zero-order valence-electron chi connectivity index (χ0n) is 12.8. The third-order valence-corrected chi connectivity index (χ3v) is 5.99. The molecule has 0 aromatic carbocycles. The first-order valence-corrected chi connectivity index (χ1v) is 8.80. The van der Waals surface area contributed by atoms with Gasteiger partial charge in [0.15, 0.2) is 5.13 Å². The van der Waals surface area contributed by atoms with Crippen LogP contribution in [0.4, 0.5) is 5.13 Å². The van der Waals surface area contributed by atoms with E-state index in [9.17, 15) is 0 Å². The van der Waals surface area contributed by atoms with Gasteiger partial charge in [-0.15, -0.1) is 11.3 Å². The van der Waals surface area contributed by atoms with Crippen molar-refractivity contribution in [1.82, 2.24) is 9.88 Å². The standard InChI is InChI=1S/C15H26N4OS/c1-20-13-4-2-3-5-15(13,12-16)19-9-7-18(8-10-19)14-17-6-11-21-14/h6,11,13H,2-5,7-10,12,16H2,1H3.